The van der Waals surface area contributed by atoms with E-state index in [2.05, 4.69) is 78.8 Å². The first-order valence-electron chi connectivity index (χ1n) is 23.0. The van der Waals surface area contributed by atoms with E-state index in [-0.39, 0.29) is 19.6 Å². The molecule has 0 aromatic carbocycles. The van der Waals surface area contributed by atoms with Crippen molar-refractivity contribution in [2.45, 2.75) is 205 Å². The number of unbranched alkanes of at least 4 members (excludes halogenated alkanes) is 16. The van der Waals surface area contributed by atoms with E-state index in [0.29, 0.717) is 13.0 Å². The van der Waals surface area contributed by atoms with Gasteiger partial charge in [-0.2, -0.15) is 8.42 Å². The fourth-order valence-electron chi connectivity index (χ4n) is 6.66. The first-order chi connectivity index (χ1) is 29.1. The van der Waals surface area contributed by atoms with Crippen molar-refractivity contribution in [1.29, 1.82) is 0 Å². The molecule has 0 aromatic heterocycles. The average Bonchev–Trinajstić information content (AvgIpc) is 3.22. The zero-order valence-corrected chi connectivity index (χ0v) is 37.8. The SMILES string of the molecule is CC/C=C\C/C=C\C/C=C\CCCCCCCCOCC(COC1OC(CO)C(O)C(OS(=O)(=O)O)C1O)OC(=O)CCCCCCCCC/C=C\C/C=C\CCCCC. The van der Waals surface area contributed by atoms with Gasteiger partial charge in [0.25, 0.3) is 0 Å². The lowest BCUT2D eigenvalue weighted by atomic mass is 9.99. The maximum atomic E-state index is 12.9. The van der Waals surface area contributed by atoms with Crippen molar-refractivity contribution in [2.75, 3.05) is 26.4 Å². The number of allylic oxidation sites excluding steroid dienone is 10. The van der Waals surface area contributed by atoms with Crippen molar-refractivity contribution in [3.63, 3.8) is 0 Å². The molecule has 1 heterocycles. The van der Waals surface area contributed by atoms with Crippen LogP contribution in [0.15, 0.2) is 60.8 Å². The number of carbonyl (C=O) groups excluding carboxylic acids is 1. The minimum atomic E-state index is -5.07. The second kappa shape index (κ2) is 38.5. The summed E-state index contributed by atoms with van der Waals surface area (Å²) in [5, 5.41) is 30.7. The van der Waals surface area contributed by atoms with Crippen molar-refractivity contribution in [2.24, 2.45) is 0 Å². The van der Waals surface area contributed by atoms with Crippen LogP contribution < -0.4 is 0 Å². The lowest BCUT2D eigenvalue weighted by Gasteiger charge is -2.41. The van der Waals surface area contributed by atoms with Gasteiger partial charge in [-0.3, -0.25) is 9.35 Å². The molecule has 348 valence electrons. The van der Waals surface area contributed by atoms with Gasteiger partial charge in [0.2, 0.25) is 0 Å². The third-order valence-corrected chi connectivity index (χ3v) is 10.6. The number of aliphatic hydroxyl groups excluding tert-OH is 3. The minimum Gasteiger partial charge on any atom is -0.457 e. The summed E-state index contributed by atoms with van der Waals surface area (Å²) >= 11 is 0. The molecule has 6 unspecified atom stereocenters. The van der Waals surface area contributed by atoms with Crippen molar-refractivity contribution in [1.82, 2.24) is 0 Å². The number of hydrogen-bond donors (Lipinski definition) is 4. The van der Waals surface area contributed by atoms with Gasteiger partial charge in [0.15, 0.2) is 6.29 Å². The fourth-order valence-corrected chi connectivity index (χ4v) is 7.17. The molecule has 6 atom stereocenters. The number of esters is 1. The van der Waals surface area contributed by atoms with Crippen molar-refractivity contribution in [3.8, 4) is 0 Å². The van der Waals surface area contributed by atoms with Crippen LogP contribution in [0.4, 0.5) is 0 Å². The molecule has 0 saturated carbocycles. The first kappa shape index (κ1) is 55.8. The number of ether oxygens (including phenoxy) is 4. The van der Waals surface area contributed by atoms with Gasteiger partial charge < -0.3 is 34.3 Å². The molecule has 13 heteroatoms. The third kappa shape index (κ3) is 31.6. The Morgan fingerprint density at radius 1 is 0.650 bits per heavy atom. The topological polar surface area (TPSA) is 178 Å². The van der Waals surface area contributed by atoms with Gasteiger partial charge in [0.05, 0.1) is 19.8 Å². The van der Waals surface area contributed by atoms with Gasteiger partial charge in [-0.1, -0.05) is 145 Å². The summed E-state index contributed by atoms with van der Waals surface area (Å²) in [7, 11) is -5.07. The minimum absolute atomic E-state index is 0.0213. The lowest BCUT2D eigenvalue weighted by molar-refractivity contribution is -0.301. The highest BCUT2D eigenvalue weighted by Crippen LogP contribution is 2.26. The van der Waals surface area contributed by atoms with Crippen LogP contribution in [-0.2, 0) is 38.3 Å². The molecular weight excluding hydrogens is 789 g/mol. The van der Waals surface area contributed by atoms with Crippen LogP contribution >= 0.6 is 0 Å². The van der Waals surface area contributed by atoms with Gasteiger partial charge in [0, 0.05) is 13.0 Å². The van der Waals surface area contributed by atoms with Crippen LogP contribution in [0.2, 0.25) is 0 Å². The van der Waals surface area contributed by atoms with E-state index in [4.69, 9.17) is 23.5 Å². The third-order valence-electron chi connectivity index (χ3n) is 10.1. The number of aliphatic hydroxyl groups is 3. The molecule has 1 saturated heterocycles. The smallest absolute Gasteiger partial charge is 0.397 e. The molecule has 1 aliphatic rings. The molecule has 60 heavy (non-hydrogen) atoms. The standard InChI is InChI=1S/C47H82O12S/c1-3-5-7-9-11-13-15-17-19-21-22-24-26-28-30-32-34-36-43(49)57-41(40-56-47-45(51)46(59-60(52,53)54)44(50)42(38-48)58-47)39-55-37-35-33-31-29-27-25-23-20-18-16-14-12-10-8-6-4-2/h6,8,11-14,17-20,41-42,44-48,50-51H,3-5,7,9-10,15-16,21-40H2,1-2H3,(H,52,53,54)/b8-6-,13-11-,14-12-,19-17-,20-18-. The maximum absolute atomic E-state index is 12.9. The zero-order chi connectivity index (χ0) is 43.9. The van der Waals surface area contributed by atoms with Crippen LogP contribution in [0.5, 0.6) is 0 Å². The Kier molecular flexibility index (Phi) is 35.8. The van der Waals surface area contributed by atoms with Crippen LogP contribution in [0, 0.1) is 0 Å². The fraction of sp³-hybridized carbons (Fsp3) is 0.766. The largest absolute Gasteiger partial charge is 0.457 e. The van der Waals surface area contributed by atoms with Crippen LogP contribution in [0.3, 0.4) is 0 Å². The maximum Gasteiger partial charge on any atom is 0.397 e. The summed E-state index contributed by atoms with van der Waals surface area (Å²) in [6.45, 7) is 3.80. The van der Waals surface area contributed by atoms with Crippen LogP contribution in [0.25, 0.3) is 0 Å². The highest BCUT2D eigenvalue weighted by atomic mass is 32.3. The summed E-state index contributed by atoms with van der Waals surface area (Å²) in [5.74, 6) is -0.415. The Morgan fingerprint density at radius 2 is 1.15 bits per heavy atom. The molecule has 1 rings (SSSR count). The second-order valence-electron chi connectivity index (χ2n) is 15.6. The Balaban J connectivity index is 2.44. The molecule has 0 amide bonds. The van der Waals surface area contributed by atoms with Gasteiger partial charge in [-0.25, -0.2) is 4.18 Å². The van der Waals surface area contributed by atoms with E-state index in [9.17, 15) is 28.5 Å². The predicted octanol–water partition coefficient (Wildman–Crippen LogP) is 9.74. The highest BCUT2D eigenvalue weighted by Gasteiger charge is 2.48. The average molecular weight is 871 g/mol. The second-order valence-corrected chi connectivity index (χ2v) is 16.7. The van der Waals surface area contributed by atoms with E-state index in [1.54, 1.807) is 0 Å². The molecule has 1 aliphatic heterocycles. The monoisotopic (exact) mass is 871 g/mol. The van der Waals surface area contributed by atoms with E-state index in [0.717, 1.165) is 83.5 Å². The predicted molar refractivity (Wildman–Crippen MR) is 239 cm³/mol. The summed E-state index contributed by atoms with van der Waals surface area (Å²) in [6, 6.07) is 0. The molecule has 0 bridgehead atoms. The van der Waals surface area contributed by atoms with Gasteiger partial charge in [-0.05, 0) is 77.0 Å². The molecule has 1 fully saturated rings. The Hall–Kier alpha value is -2.20. The van der Waals surface area contributed by atoms with Crippen molar-refractivity contribution < 1.29 is 56.2 Å². The summed E-state index contributed by atoms with van der Waals surface area (Å²) in [6.07, 6.45) is 38.2. The molecule has 4 N–H and O–H groups in total. The number of rotatable bonds is 39. The summed E-state index contributed by atoms with van der Waals surface area (Å²) in [5.41, 5.74) is 0. The van der Waals surface area contributed by atoms with Crippen LogP contribution in [0.1, 0.15) is 168 Å². The van der Waals surface area contributed by atoms with E-state index < -0.39 is 59.8 Å². The lowest BCUT2D eigenvalue weighted by Crippen LogP contribution is -2.60. The Morgan fingerprint density at radius 3 is 1.68 bits per heavy atom. The summed E-state index contributed by atoms with van der Waals surface area (Å²) in [4.78, 5) is 12.9. The molecule has 0 spiro atoms. The summed E-state index contributed by atoms with van der Waals surface area (Å²) < 4.78 is 59.1. The van der Waals surface area contributed by atoms with E-state index >= 15 is 0 Å². The van der Waals surface area contributed by atoms with Gasteiger partial charge in [0.1, 0.15) is 30.5 Å². The van der Waals surface area contributed by atoms with Crippen molar-refractivity contribution >= 4 is 16.4 Å². The Bertz CT molecular complexity index is 1280. The first-order valence-corrected chi connectivity index (χ1v) is 24.4. The molecular formula is C47H82O12S. The van der Waals surface area contributed by atoms with Crippen LogP contribution in [-0.4, -0.2) is 97.5 Å². The quantitative estimate of drug-likeness (QED) is 0.0199. The van der Waals surface area contributed by atoms with Gasteiger partial charge in [-0.15, -0.1) is 0 Å². The Labute approximate surface area is 363 Å². The molecule has 0 aliphatic carbocycles. The molecule has 0 radical (unpaired) electrons. The zero-order valence-electron chi connectivity index (χ0n) is 37.0. The van der Waals surface area contributed by atoms with Gasteiger partial charge >= 0.3 is 16.4 Å². The van der Waals surface area contributed by atoms with E-state index in [1.807, 2.05) is 0 Å². The van der Waals surface area contributed by atoms with E-state index in [1.165, 1.54) is 57.8 Å². The normalized spacial score (nSPS) is 20.8. The number of hydrogen-bond acceptors (Lipinski definition) is 11. The molecule has 12 nitrogen and oxygen atoms in total. The number of carbonyl (C=O) groups is 1. The highest BCUT2D eigenvalue weighted by molar-refractivity contribution is 7.80. The molecule has 0 aromatic rings. The van der Waals surface area contributed by atoms with Crippen molar-refractivity contribution in [3.05, 3.63) is 60.8 Å².